The zero-order valence-corrected chi connectivity index (χ0v) is 14.0. The summed E-state index contributed by atoms with van der Waals surface area (Å²) in [5, 5.41) is 17.5. The molecule has 0 aliphatic heterocycles. The summed E-state index contributed by atoms with van der Waals surface area (Å²) >= 11 is 5.75. The number of aromatic nitrogens is 5. The topological polar surface area (TPSA) is 99.3 Å². The zero-order valence-electron chi connectivity index (χ0n) is 13.3. The number of halogens is 2. The van der Waals surface area contributed by atoms with E-state index in [0.29, 0.717) is 17.2 Å². The van der Waals surface area contributed by atoms with Crippen LogP contribution in [0.25, 0.3) is 22.4 Å². The van der Waals surface area contributed by atoms with E-state index in [4.69, 9.17) is 11.6 Å². The summed E-state index contributed by atoms with van der Waals surface area (Å²) < 4.78 is 13.3. The molecule has 0 unspecified atom stereocenters. The van der Waals surface area contributed by atoms with E-state index in [9.17, 15) is 9.18 Å². The maximum absolute atomic E-state index is 13.3. The van der Waals surface area contributed by atoms with Gasteiger partial charge in [0, 0.05) is 16.6 Å². The lowest BCUT2D eigenvalue weighted by Gasteiger charge is -2.07. The van der Waals surface area contributed by atoms with E-state index in [-0.39, 0.29) is 17.4 Å². The number of benzene rings is 2. The number of tetrazole rings is 1. The van der Waals surface area contributed by atoms with Crippen LogP contribution >= 0.6 is 11.6 Å². The molecule has 0 radical (unpaired) electrons. The molecular weight excluding hydrogens is 359 g/mol. The third kappa shape index (κ3) is 3.02. The first-order valence-corrected chi connectivity index (χ1v) is 8.08. The van der Waals surface area contributed by atoms with Crippen LogP contribution in [0.4, 0.5) is 10.1 Å². The van der Waals surface area contributed by atoms with Crippen molar-refractivity contribution in [1.29, 1.82) is 0 Å². The van der Waals surface area contributed by atoms with E-state index in [1.807, 2.05) is 24.3 Å². The van der Waals surface area contributed by atoms with E-state index >= 15 is 0 Å². The lowest BCUT2D eigenvalue weighted by Crippen LogP contribution is -2.14. The fraction of sp³-hybridized carbons (Fsp3) is 0.0588. The first-order valence-electron chi connectivity index (χ1n) is 7.70. The predicted octanol–water partition coefficient (Wildman–Crippen LogP) is 3.32. The second kappa shape index (κ2) is 6.57. The molecule has 9 heteroatoms. The molecule has 2 heterocycles. The Labute approximate surface area is 151 Å². The van der Waals surface area contributed by atoms with E-state index in [1.165, 1.54) is 18.2 Å². The first kappa shape index (κ1) is 16.2. The highest BCUT2D eigenvalue weighted by Gasteiger charge is 2.19. The Kier molecular flexibility index (Phi) is 4.10. The van der Waals surface area contributed by atoms with Gasteiger partial charge in [0.1, 0.15) is 5.82 Å². The van der Waals surface area contributed by atoms with Gasteiger partial charge in [-0.15, -0.1) is 10.2 Å². The molecule has 0 fully saturated rings. The third-order valence-electron chi connectivity index (χ3n) is 3.92. The molecule has 1 amide bonds. The van der Waals surface area contributed by atoms with Gasteiger partial charge in [0.15, 0.2) is 0 Å². The standard InChI is InChI=1S/C17H12ClFN6O/c18-12-7-9(5-6-13(12)19)20-15(26)8-11-10-3-1-2-4-14(10)21-16(11)17-22-24-25-23-17/h1-7,21H,8H2,(H,20,26)(H,22,23,24,25). The van der Waals surface area contributed by atoms with Gasteiger partial charge in [0.2, 0.25) is 11.7 Å². The number of hydrogen-bond acceptors (Lipinski definition) is 4. The van der Waals surface area contributed by atoms with E-state index in [2.05, 4.69) is 30.9 Å². The van der Waals surface area contributed by atoms with Gasteiger partial charge in [0.25, 0.3) is 0 Å². The number of para-hydroxylation sites is 1. The minimum atomic E-state index is -0.541. The van der Waals surface area contributed by atoms with Crippen LogP contribution < -0.4 is 5.32 Å². The Bertz CT molecular complexity index is 1090. The Balaban J connectivity index is 1.66. The van der Waals surface area contributed by atoms with E-state index in [0.717, 1.165) is 16.5 Å². The van der Waals surface area contributed by atoms with Gasteiger partial charge in [-0.3, -0.25) is 4.79 Å². The highest BCUT2D eigenvalue weighted by molar-refractivity contribution is 6.31. The lowest BCUT2D eigenvalue weighted by molar-refractivity contribution is -0.115. The molecule has 0 saturated heterocycles. The lowest BCUT2D eigenvalue weighted by atomic mass is 10.1. The Morgan fingerprint density at radius 1 is 1.23 bits per heavy atom. The largest absolute Gasteiger partial charge is 0.352 e. The number of aromatic amines is 2. The van der Waals surface area contributed by atoms with Gasteiger partial charge in [0.05, 0.1) is 17.1 Å². The summed E-state index contributed by atoms with van der Waals surface area (Å²) in [6, 6.07) is 11.6. The molecule has 2 aromatic heterocycles. The normalized spacial score (nSPS) is 11.0. The molecule has 3 N–H and O–H groups in total. The summed E-state index contributed by atoms with van der Waals surface area (Å²) in [6.45, 7) is 0. The second-order valence-electron chi connectivity index (χ2n) is 5.61. The molecule has 26 heavy (non-hydrogen) atoms. The molecule has 2 aromatic carbocycles. The number of rotatable bonds is 4. The monoisotopic (exact) mass is 370 g/mol. The van der Waals surface area contributed by atoms with E-state index < -0.39 is 5.82 Å². The number of amides is 1. The first-order chi connectivity index (χ1) is 12.6. The maximum Gasteiger partial charge on any atom is 0.228 e. The van der Waals surface area contributed by atoms with Crippen LogP contribution in [0, 0.1) is 5.82 Å². The van der Waals surface area contributed by atoms with Crippen molar-refractivity contribution in [3.8, 4) is 11.5 Å². The van der Waals surface area contributed by atoms with Crippen LogP contribution in [-0.2, 0) is 11.2 Å². The highest BCUT2D eigenvalue weighted by Crippen LogP contribution is 2.29. The number of anilines is 1. The SMILES string of the molecule is O=C(Cc1c(-c2nn[nH]n2)[nH]c2ccccc12)Nc1ccc(F)c(Cl)c1. The molecule has 0 saturated carbocycles. The van der Waals surface area contributed by atoms with Gasteiger partial charge < -0.3 is 10.3 Å². The van der Waals surface area contributed by atoms with Crippen molar-refractivity contribution in [2.45, 2.75) is 6.42 Å². The summed E-state index contributed by atoms with van der Waals surface area (Å²) in [7, 11) is 0. The Morgan fingerprint density at radius 3 is 2.85 bits per heavy atom. The number of hydrogen-bond donors (Lipinski definition) is 3. The minimum absolute atomic E-state index is 0.0534. The number of carbonyl (C=O) groups excluding carboxylic acids is 1. The number of fused-ring (bicyclic) bond motifs is 1. The average molecular weight is 371 g/mol. The minimum Gasteiger partial charge on any atom is -0.352 e. The van der Waals surface area contributed by atoms with Crippen LogP contribution in [-0.4, -0.2) is 31.5 Å². The van der Waals surface area contributed by atoms with Crippen LogP contribution in [0.1, 0.15) is 5.56 Å². The summed E-state index contributed by atoms with van der Waals surface area (Å²) in [6.07, 6.45) is 0.0723. The van der Waals surface area contributed by atoms with Crippen molar-refractivity contribution < 1.29 is 9.18 Å². The zero-order chi connectivity index (χ0) is 18.1. The third-order valence-corrected chi connectivity index (χ3v) is 4.21. The Hall–Kier alpha value is -3.26. The van der Waals surface area contributed by atoms with Gasteiger partial charge in [-0.25, -0.2) is 4.39 Å². The molecule has 0 aliphatic rings. The molecule has 0 atom stereocenters. The average Bonchev–Trinajstić information content (AvgIpc) is 3.26. The summed E-state index contributed by atoms with van der Waals surface area (Å²) in [5.74, 6) is -0.448. The van der Waals surface area contributed by atoms with Crippen molar-refractivity contribution in [3.05, 3.63) is 58.9 Å². The van der Waals surface area contributed by atoms with E-state index in [1.54, 1.807) is 0 Å². The van der Waals surface area contributed by atoms with Crippen LogP contribution in [0.5, 0.6) is 0 Å². The van der Waals surface area contributed by atoms with Crippen molar-refractivity contribution in [2.24, 2.45) is 0 Å². The molecule has 0 aliphatic carbocycles. The van der Waals surface area contributed by atoms with Crippen molar-refractivity contribution in [1.82, 2.24) is 25.6 Å². The molecule has 7 nitrogen and oxygen atoms in total. The van der Waals surface area contributed by atoms with Gasteiger partial charge in [-0.2, -0.15) is 5.21 Å². The molecule has 0 spiro atoms. The molecule has 0 bridgehead atoms. The maximum atomic E-state index is 13.3. The predicted molar refractivity (Wildman–Crippen MR) is 95.2 cm³/mol. The van der Waals surface area contributed by atoms with Crippen LogP contribution in [0.15, 0.2) is 42.5 Å². The fourth-order valence-corrected chi connectivity index (χ4v) is 2.96. The quantitative estimate of drug-likeness (QED) is 0.513. The van der Waals surface area contributed by atoms with Gasteiger partial charge >= 0.3 is 0 Å². The van der Waals surface area contributed by atoms with Gasteiger partial charge in [-0.05, 0) is 35.0 Å². The molecule has 4 rings (SSSR count). The molecular formula is C17H12ClFN6O. The molecule has 130 valence electrons. The van der Waals surface area contributed by atoms with Crippen LogP contribution in [0.3, 0.4) is 0 Å². The fourth-order valence-electron chi connectivity index (χ4n) is 2.78. The molecule has 4 aromatic rings. The van der Waals surface area contributed by atoms with Gasteiger partial charge in [-0.1, -0.05) is 29.8 Å². The number of nitrogens with zero attached hydrogens (tertiary/aromatic N) is 3. The van der Waals surface area contributed by atoms with Crippen molar-refractivity contribution in [3.63, 3.8) is 0 Å². The number of H-pyrrole nitrogens is 2. The summed E-state index contributed by atoms with van der Waals surface area (Å²) in [4.78, 5) is 15.7. The van der Waals surface area contributed by atoms with Crippen LogP contribution in [0.2, 0.25) is 5.02 Å². The Morgan fingerprint density at radius 2 is 2.08 bits per heavy atom. The van der Waals surface area contributed by atoms with Crippen molar-refractivity contribution >= 4 is 34.1 Å². The number of nitrogens with one attached hydrogen (secondary N) is 3. The summed E-state index contributed by atoms with van der Waals surface area (Å²) in [5.41, 5.74) is 2.64. The van der Waals surface area contributed by atoms with Crippen molar-refractivity contribution in [2.75, 3.05) is 5.32 Å². The number of carbonyl (C=O) groups is 1. The second-order valence-corrected chi connectivity index (χ2v) is 6.02. The smallest absolute Gasteiger partial charge is 0.228 e. The highest BCUT2D eigenvalue weighted by atomic mass is 35.5.